The average molecular weight is 714 g/mol. The summed E-state index contributed by atoms with van der Waals surface area (Å²) >= 11 is 1.31. The zero-order chi connectivity index (χ0) is 36.8. The van der Waals surface area contributed by atoms with E-state index in [9.17, 15) is 28.0 Å². The van der Waals surface area contributed by atoms with Gasteiger partial charge in [0.25, 0.3) is 0 Å². The fourth-order valence-electron chi connectivity index (χ4n) is 5.90. The number of thiophene rings is 1. The quantitative estimate of drug-likeness (QED) is 0.0924. The fourth-order valence-corrected chi connectivity index (χ4v) is 7.19. The zero-order valence-electron chi connectivity index (χ0n) is 29.3. The average Bonchev–Trinajstić information content (AvgIpc) is 3.47. The molecular formula is C40H41F2N3O5S. The number of hydrogen-bond acceptors (Lipinski definition) is 7. The van der Waals surface area contributed by atoms with Crippen molar-refractivity contribution in [2.45, 2.75) is 53.8 Å². The Hall–Kier alpha value is -5.00. The third-order valence-electron chi connectivity index (χ3n) is 8.68. The largest absolute Gasteiger partial charge is 0.465 e. The summed E-state index contributed by atoms with van der Waals surface area (Å²) in [7, 11) is 1.94. The first-order chi connectivity index (χ1) is 24.4. The smallest absolute Gasteiger partial charge is 0.302 e. The zero-order valence-corrected chi connectivity index (χ0v) is 30.1. The maximum absolute atomic E-state index is 15.0. The molecule has 8 nitrogen and oxygen atoms in total. The van der Waals surface area contributed by atoms with Gasteiger partial charge >= 0.3 is 5.97 Å². The molecule has 5 aromatic rings. The van der Waals surface area contributed by atoms with E-state index >= 15 is 0 Å². The van der Waals surface area contributed by atoms with Crippen molar-refractivity contribution >= 4 is 44.9 Å². The minimum Gasteiger partial charge on any atom is -0.465 e. The lowest BCUT2D eigenvalue weighted by Gasteiger charge is -2.18. The van der Waals surface area contributed by atoms with Crippen LogP contribution in [-0.4, -0.2) is 40.8 Å². The molecule has 266 valence electrons. The molecule has 2 heterocycles. The van der Waals surface area contributed by atoms with Gasteiger partial charge in [0, 0.05) is 48.3 Å². The highest BCUT2D eigenvalue weighted by atomic mass is 32.1. The van der Waals surface area contributed by atoms with Gasteiger partial charge in [-0.3, -0.25) is 24.1 Å². The summed E-state index contributed by atoms with van der Waals surface area (Å²) in [6.07, 6.45) is 1.91. The van der Waals surface area contributed by atoms with E-state index in [4.69, 9.17) is 4.74 Å². The summed E-state index contributed by atoms with van der Waals surface area (Å²) in [6.45, 7) is 7.21. The number of nitrogens with one attached hydrogen (secondary N) is 1. The van der Waals surface area contributed by atoms with Gasteiger partial charge in [-0.25, -0.2) is 8.78 Å². The van der Waals surface area contributed by atoms with E-state index in [1.807, 2.05) is 56.4 Å². The van der Waals surface area contributed by atoms with Crippen molar-refractivity contribution in [3.05, 3.63) is 123 Å². The van der Waals surface area contributed by atoms with Gasteiger partial charge in [0.1, 0.15) is 23.1 Å². The number of halogens is 2. The van der Waals surface area contributed by atoms with E-state index < -0.39 is 34.9 Å². The van der Waals surface area contributed by atoms with Crippen LogP contribution in [0, 0.1) is 23.5 Å². The molecule has 0 saturated heterocycles. The van der Waals surface area contributed by atoms with E-state index in [1.54, 1.807) is 30.5 Å². The lowest BCUT2D eigenvalue weighted by molar-refractivity contribution is -0.143. The number of ether oxygens (including phenoxy) is 1. The SMILES string of the molecule is CCC(COC(C)=O)C(=O)Nc1ccc(-c2sc3c(c2CN(C)Cc2ccccc2)c(=O)c(C(=O)C(C)C)cn3Cc2c(F)cccc2F)cc1. The Balaban J connectivity index is 1.64. The molecule has 51 heavy (non-hydrogen) atoms. The fraction of sp³-hybridized carbons (Fsp3) is 0.300. The first kappa shape index (κ1) is 37.3. The second-order valence-electron chi connectivity index (χ2n) is 12.9. The molecule has 5 rings (SSSR count). The number of esters is 1. The summed E-state index contributed by atoms with van der Waals surface area (Å²) in [5, 5.41) is 3.21. The van der Waals surface area contributed by atoms with Gasteiger partial charge < -0.3 is 14.6 Å². The van der Waals surface area contributed by atoms with Crippen molar-refractivity contribution < 1.29 is 27.9 Å². The molecule has 3 aromatic carbocycles. The molecule has 0 fully saturated rings. The molecule has 0 aliphatic heterocycles. The van der Waals surface area contributed by atoms with Gasteiger partial charge in [0.15, 0.2) is 5.78 Å². The first-order valence-electron chi connectivity index (χ1n) is 16.8. The van der Waals surface area contributed by atoms with E-state index in [-0.39, 0.29) is 36.0 Å². The predicted octanol–water partition coefficient (Wildman–Crippen LogP) is 8.06. The van der Waals surface area contributed by atoms with Crippen LogP contribution in [-0.2, 0) is 34.0 Å². The van der Waals surface area contributed by atoms with Gasteiger partial charge in [0.05, 0.1) is 23.4 Å². The molecule has 0 saturated carbocycles. The van der Waals surface area contributed by atoms with Crippen molar-refractivity contribution in [3.63, 3.8) is 0 Å². The van der Waals surface area contributed by atoms with E-state index in [0.717, 1.165) is 16.0 Å². The molecule has 11 heteroatoms. The normalized spacial score (nSPS) is 12.0. The highest BCUT2D eigenvalue weighted by molar-refractivity contribution is 7.22. The topological polar surface area (TPSA) is 97.7 Å². The summed E-state index contributed by atoms with van der Waals surface area (Å²) in [5.41, 5.74) is 2.40. The molecule has 2 aromatic heterocycles. The number of hydrogen-bond donors (Lipinski definition) is 1. The summed E-state index contributed by atoms with van der Waals surface area (Å²) in [4.78, 5) is 55.3. The first-order valence-corrected chi connectivity index (χ1v) is 17.6. The maximum atomic E-state index is 15.0. The molecule has 0 bridgehead atoms. The Bertz CT molecular complexity index is 2090. The van der Waals surface area contributed by atoms with Crippen LogP contribution in [0.3, 0.4) is 0 Å². The van der Waals surface area contributed by atoms with Crippen molar-refractivity contribution in [2.24, 2.45) is 11.8 Å². The van der Waals surface area contributed by atoms with Crippen molar-refractivity contribution in [1.29, 1.82) is 0 Å². The number of fused-ring (bicyclic) bond motifs is 1. The number of carbonyl (C=O) groups excluding carboxylic acids is 3. The molecule has 0 aliphatic rings. The minimum absolute atomic E-state index is 0.0208. The molecule has 0 radical (unpaired) electrons. The van der Waals surface area contributed by atoms with Gasteiger partial charge in [-0.15, -0.1) is 11.3 Å². The third kappa shape index (κ3) is 8.66. The number of ketones is 1. The van der Waals surface area contributed by atoms with Crippen LogP contribution in [0.25, 0.3) is 20.7 Å². The maximum Gasteiger partial charge on any atom is 0.302 e. The van der Waals surface area contributed by atoms with Crippen molar-refractivity contribution in [1.82, 2.24) is 9.47 Å². The van der Waals surface area contributed by atoms with E-state index in [2.05, 4.69) is 10.2 Å². The van der Waals surface area contributed by atoms with Crippen molar-refractivity contribution in [2.75, 3.05) is 19.0 Å². The van der Waals surface area contributed by atoms with E-state index in [0.29, 0.717) is 41.0 Å². The Kier molecular flexibility index (Phi) is 11.9. The lowest BCUT2D eigenvalue weighted by atomic mass is 9.99. The lowest BCUT2D eigenvalue weighted by Crippen LogP contribution is -2.27. The molecule has 1 unspecified atom stereocenters. The van der Waals surface area contributed by atoms with Crippen LogP contribution < -0.4 is 10.7 Å². The summed E-state index contributed by atoms with van der Waals surface area (Å²) < 4.78 is 36.6. The third-order valence-corrected chi connectivity index (χ3v) is 9.99. The van der Waals surface area contributed by atoms with Gasteiger partial charge in [0.2, 0.25) is 11.3 Å². The highest BCUT2D eigenvalue weighted by Crippen LogP contribution is 2.39. The number of aromatic nitrogens is 1. The molecule has 0 aliphatic carbocycles. The van der Waals surface area contributed by atoms with Crippen LogP contribution in [0.1, 0.15) is 61.2 Å². The molecule has 1 atom stereocenters. The van der Waals surface area contributed by atoms with Gasteiger partial charge in [-0.1, -0.05) is 69.3 Å². The second-order valence-corrected chi connectivity index (χ2v) is 13.9. The van der Waals surface area contributed by atoms with Crippen LogP contribution in [0.2, 0.25) is 0 Å². The number of anilines is 1. The number of amides is 1. The second kappa shape index (κ2) is 16.3. The monoisotopic (exact) mass is 713 g/mol. The van der Waals surface area contributed by atoms with Gasteiger partial charge in [-0.05, 0) is 54.4 Å². The van der Waals surface area contributed by atoms with Crippen LogP contribution in [0.5, 0.6) is 0 Å². The van der Waals surface area contributed by atoms with Gasteiger partial charge in [-0.2, -0.15) is 0 Å². The number of pyridine rings is 1. The summed E-state index contributed by atoms with van der Waals surface area (Å²) in [5.74, 6) is -3.56. The minimum atomic E-state index is -0.728. The van der Waals surface area contributed by atoms with E-state index in [1.165, 1.54) is 42.7 Å². The summed E-state index contributed by atoms with van der Waals surface area (Å²) in [6, 6.07) is 20.7. The Morgan fingerprint density at radius 3 is 2.20 bits per heavy atom. The number of carbonyl (C=O) groups is 3. The predicted molar refractivity (Wildman–Crippen MR) is 197 cm³/mol. The number of rotatable bonds is 14. The Morgan fingerprint density at radius 2 is 1.59 bits per heavy atom. The highest BCUT2D eigenvalue weighted by Gasteiger charge is 2.26. The van der Waals surface area contributed by atoms with Crippen LogP contribution in [0.4, 0.5) is 14.5 Å². The molecule has 1 amide bonds. The Labute approximate surface area is 299 Å². The molecule has 0 spiro atoms. The number of Topliss-reactive ketones (excluding diaryl/α,β-unsaturated/α-hetero) is 1. The molecule has 1 N–H and O–H groups in total. The Morgan fingerprint density at radius 1 is 0.922 bits per heavy atom. The van der Waals surface area contributed by atoms with Crippen LogP contribution >= 0.6 is 11.3 Å². The standard InChI is InChI=1S/C40H41F2N3O5S/c1-6-27(23-50-25(4)46)39(49)43-29-17-15-28(16-18-29)38-31(20-44(5)19-26-11-8-7-9-12-26)35-37(48)32(36(47)24(2)3)22-45(40(35)51-38)21-30-33(41)13-10-14-34(30)42/h7-18,22,24,27H,6,19-21,23H2,1-5H3,(H,43,49). The van der Waals surface area contributed by atoms with Crippen molar-refractivity contribution in [3.8, 4) is 10.4 Å². The number of nitrogens with zero attached hydrogens (tertiary/aromatic N) is 2. The van der Waals surface area contributed by atoms with Crippen LogP contribution in [0.15, 0.2) is 83.8 Å². The number of benzene rings is 3. The molecular weight excluding hydrogens is 673 g/mol.